The number of guanidine groups is 1. The zero-order valence-corrected chi connectivity index (χ0v) is 13.1. The summed E-state index contributed by atoms with van der Waals surface area (Å²) in [6, 6.07) is 9.58. The van der Waals surface area contributed by atoms with Crippen molar-refractivity contribution in [2.75, 3.05) is 13.7 Å². The second-order valence-corrected chi connectivity index (χ2v) is 6.12. The van der Waals surface area contributed by atoms with Gasteiger partial charge in [0.15, 0.2) is 5.96 Å². The lowest BCUT2D eigenvalue weighted by Gasteiger charge is -2.39. The molecule has 0 radical (unpaired) electrons. The minimum absolute atomic E-state index is 0.0425. The van der Waals surface area contributed by atoms with Crippen molar-refractivity contribution in [3.8, 4) is 6.07 Å². The Morgan fingerprint density at radius 1 is 1.52 bits per heavy atom. The molecule has 3 rings (SSSR count). The summed E-state index contributed by atoms with van der Waals surface area (Å²) in [6.45, 7) is 2.34. The van der Waals surface area contributed by atoms with Gasteiger partial charge in [-0.15, -0.1) is 0 Å². The molecule has 0 bridgehead atoms. The van der Waals surface area contributed by atoms with E-state index < -0.39 is 5.54 Å². The molecule has 0 spiro atoms. The Morgan fingerprint density at radius 2 is 2.30 bits per heavy atom. The molecule has 118 valence electrons. The fraction of sp³-hybridized carbons (Fsp3) is 0.353. The van der Waals surface area contributed by atoms with Crippen LogP contribution in [0.15, 0.2) is 36.1 Å². The number of amides is 1. The Balaban J connectivity index is 1.86. The van der Waals surface area contributed by atoms with Crippen LogP contribution in [0.2, 0.25) is 0 Å². The van der Waals surface area contributed by atoms with Crippen molar-refractivity contribution in [2.45, 2.75) is 24.8 Å². The summed E-state index contributed by atoms with van der Waals surface area (Å²) in [4.78, 5) is 13.3. The Bertz CT molecular complexity index is 729. The average molecular weight is 310 g/mol. The maximum absolute atomic E-state index is 12.0. The highest BCUT2D eigenvalue weighted by Crippen LogP contribution is 2.35. The van der Waals surface area contributed by atoms with E-state index in [0.29, 0.717) is 17.9 Å². The number of benzene rings is 1. The van der Waals surface area contributed by atoms with Crippen LogP contribution in [0.25, 0.3) is 0 Å². The van der Waals surface area contributed by atoms with Crippen LogP contribution in [0.5, 0.6) is 0 Å². The highest BCUT2D eigenvalue weighted by Gasteiger charge is 2.42. The fourth-order valence-electron chi connectivity index (χ4n) is 2.92. The number of rotatable bonds is 2. The van der Waals surface area contributed by atoms with E-state index >= 15 is 0 Å². The zero-order valence-electron chi connectivity index (χ0n) is 13.1. The van der Waals surface area contributed by atoms with Crippen molar-refractivity contribution in [3.05, 3.63) is 47.2 Å². The molecule has 1 unspecified atom stereocenters. The zero-order chi connectivity index (χ0) is 16.6. The van der Waals surface area contributed by atoms with Crippen molar-refractivity contribution in [1.29, 1.82) is 10.7 Å². The second-order valence-electron chi connectivity index (χ2n) is 6.12. The van der Waals surface area contributed by atoms with Gasteiger partial charge in [-0.3, -0.25) is 15.1 Å². The highest BCUT2D eigenvalue weighted by molar-refractivity contribution is 5.99. The summed E-state index contributed by atoms with van der Waals surface area (Å²) in [5, 5.41) is 20.0. The van der Waals surface area contributed by atoms with E-state index in [9.17, 15) is 4.79 Å². The average Bonchev–Trinajstić information content (AvgIpc) is 3.03. The van der Waals surface area contributed by atoms with Crippen LogP contribution in [0.1, 0.15) is 30.4 Å². The number of carbonyl (C=O) groups is 1. The van der Waals surface area contributed by atoms with E-state index in [1.807, 2.05) is 31.2 Å². The van der Waals surface area contributed by atoms with E-state index in [2.05, 4.69) is 11.4 Å². The maximum Gasteiger partial charge on any atom is 0.231 e. The van der Waals surface area contributed by atoms with Crippen LogP contribution in [0.3, 0.4) is 0 Å². The third-order valence-electron chi connectivity index (χ3n) is 4.37. The van der Waals surface area contributed by atoms with Gasteiger partial charge in [0.25, 0.3) is 0 Å². The number of nitriles is 1. The first-order valence-electron chi connectivity index (χ1n) is 7.41. The van der Waals surface area contributed by atoms with Crippen molar-refractivity contribution >= 4 is 11.9 Å². The lowest BCUT2D eigenvalue weighted by Crippen LogP contribution is -2.60. The third-order valence-corrected chi connectivity index (χ3v) is 4.37. The molecule has 6 heteroatoms. The molecule has 6 nitrogen and oxygen atoms in total. The number of ether oxygens (including phenoxy) is 1. The molecule has 1 saturated heterocycles. The SMILES string of the molecule is CN1C(=N)N[C@](C)(C2=CC(c3cccc(C#N)c3)CO2)CC1=O. The Morgan fingerprint density at radius 3 is 3.00 bits per heavy atom. The minimum Gasteiger partial charge on any atom is -0.495 e. The maximum atomic E-state index is 12.0. The molecule has 2 heterocycles. The quantitative estimate of drug-likeness (QED) is 0.870. The Hall–Kier alpha value is -2.81. The summed E-state index contributed by atoms with van der Waals surface area (Å²) >= 11 is 0. The van der Waals surface area contributed by atoms with Gasteiger partial charge in [0.05, 0.1) is 24.7 Å². The standard InChI is InChI=1S/C17H18N4O2/c1-17(8-15(22)21(2)16(19)20-17)14-7-13(10-23-14)12-5-3-4-11(6-12)9-18/h3-7,13H,8,10H2,1-2H3,(H2,19,20)/t13?,17-/m0/s1. The number of hydrogen-bond acceptors (Lipinski definition) is 4. The number of hydrogen-bond donors (Lipinski definition) is 2. The van der Waals surface area contributed by atoms with Crippen molar-refractivity contribution in [3.63, 3.8) is 0 Å². The van der Waals surface area contributed by atoms with Crippen LogP contribution < -0.4 is 5.32 Å². The molecule has 0 aromatic heterocycles. The van der Waals surface area contributed by atoms with Gasteiger partial charge in [-0.25, -0.2) is 0 Å². The molecular weight excluding hydrogens is 292 g/mol. The largest absolute Gasteiger partial charge is 0.495 e. The molecular formula is C17H18N4O2. The van der Waals surface area contributed by atoms with Gasteiger partial charge in [0.2, 0.25) is 5.91 Å². The molecule has 1 amide bonds. The molecule has 23 heavy (non-hydrogen) atoms. The summed E-state index contributed by atoms with van der Waals surface area (Å²) < 4.78 is 5.82. The van der Waals surface area contributed by atoms with Crippen LogP contribution in [0.4, 0.5) is 0 Å². The monoisotopic (exact) mass is 310 g/mol. The molecule has 2 N–H and O–H groups in total. The van der Waals surface area contributed by atoms with Crippen LogP contribution in [-0.2, 0) is 9.53 Å². The molecule has 2 aliphatic rings. The van der Waals surface area contributed by atoms with Crippen molar-refractivity contribution in [1.82, 2.24) is 10.2 Å². The van der Waals surface area contributed by atoms with E-state index in [1.165, 1.54) is 4.90 Å². The normalized spacial score (nSPS) is 27.1. The molecule has 2 aliphatic heterocycles. The fourth-order valence-corrected chi connectivity index (χ4v) is 2.92. The summed E-state index contributed by atoms with van der Waals surface area (Å²) in [5.74, 6) is 0.677. The van der Waals surface area contributed by atoms with Crippen LogP contribution >= 0.6 is 0 Å². The van der Waals surface area contributed by atoms with Crippen molar-refractivity contribution < 1.29 is 9.53 Å². The van der Waals surface area contributed by atoms with Crippen LogP contribution in [-0.4, -0.2) is 36.0 Å². The Labute approximate surface area is 134 Å². The van der Waals surface area contributed by atoms with Gasteiger partial charge in [-0.1, -0.05) is 12.1 Å². The van der Waals surface area contributed by atoms with Crippen LogP contribution in [0, 0.1) is 16.7 Å². The first-order valence-corrected chi connectivity index (χ1v) is 7.41. The van der Waals surface area contributed by atoms with E-state index in [4.69, 9.17) is 15.4 Å². The predicted molar refractivity (Wildman–Crippen MR) is 84.6 cm³/mol. The highest BCUT2D eigenvalue weighted by atomic mass is 16.5. The van der Waals surface area contributed by atoms with Gasteiger partial charge in [0, 0.05) is 13.0 Å². The first kappa shape index (κ1) is 15.1. The summed E-state index contributed by atoms with van der Waals surface area (Å²) in [7, 11) is 1.58. The van der Waals surface area contributed by atoms with Gasteiger partial charge in [-0.05, 0) is 30.7 Å². The molecule has 1 fully saturated rings. The minimum atomic E-state index is -0.706. The number of carbonyl (C=O) groups excluding carboxylic acids is 1. The summed E-state index contributed by atoms with van der Waals surface area (Å²) in [5.41, 5.74) is 0.921. The molecule has 0 saturated carbocycles. The topological polar surface area (TPSA) is 89.2 Å². The molecule has 2 atom stereocenters. The summed E-state index contributed by atoms with van der Waals surface area (Å²) in [6.07, 6.45) is 2.22. The van der Waals surface area contributed by atoms with Crippen molar-refractivity contribution in [2.24, 2.45) is 0 Å². The smallest absolute Gasteiger partial charge is 0.231 e. The predicted octanol–water partition coefficient (Wildman–Crippen LogP) is 1.70. The lowest BCUT2D eigenvalue weighted by atomic mass is 9.90. The number of nitrogens with zero attached hydrogens (tertiary/aromatic N) is 2. The molecule has 1 aromatic carbocycles. The van der Waals surface area contributed by atoms with Gasteiger partial charge >= 0.3 is 0 Å². The number of nitrogens with one attached hydrogen (secondary N) is 2. The second kappa shape index (κ2) is 5.43. The van der Waals surface area contributed by atoms with E-state index in [1.54, 1.807) is 13.1 Å². The Kier molecular flexibility index (Phi) is 3.57. The molecule has 0 aliphatic carbocycles. The molecule has 1 aromatic rings. The third kappa shape index (κ3) is 2.66. The van der Waals surface area contributed by atoms with Gasteiger partial charge < -0.3 is 10.1 Å². The lowest BCUT2D eigenvalue weighted by molar-refractivity contribution is -0.129. The van der Waals surface area contributed by atoms with E-state index in [0.717, 1.165) is 5.56 Å². The van der Waals surface area contributed by atoms with Gasteiger partial charge in [0.1, 0.15) is 11.3 Å². The first-order chi connectivity index (χ1) is 10.9. The van der Waals surface area contributed by atoms with E-state index in [-0.39, 0.29) is 24.2 Å². The van der Waals surface area contributed by atoms with Gasteiger partial charge in [-0.2, -0.15) is 5.26 Å².